The molecule has 0 spiro atoms. The van der Waals surface area contributed by atoms with Crippen molar-refractivity contribution >= 4 is 27.5 Å². The summed E-state index contributed by atoms with van der Waals surface area (Å²) in [4.78, 5) is 16.5. The Bertz CT molecular complexity index is 545. The van der Waals surface area contributed by atoms with Gasteiger partial charge >= 0.3 is 0 Å². The number of aromatic nitrogens is 1. The lowest BCUT2D eigenvalue weighted by atomic mass is 9.48. The van der Waals surface area contributed by atoms with Gasteiger partial charge < -0.3 is 5.32 Å². The van der Waals surface area contributed by atoms with E-state index < -0.39 is 0 Å². The van der Waals surface area contributed by atoms with Crippen LogP contribution in [-0.4, -0.2) is 15.2 Å². The molecule has 4 aliphatic carbocycles. The molecular formula is C17H21BrN2O. The van der Waals surface area contributed by atoms with Crippen molar-refractivity contribution in [3.05, 3.63) is 24.5 Å². The molecule has 1 aromatic heterocycles. The van der Waals surface area contributed by atoms with Crippen molar-refractivity contribution in [2.45, 2.75) is 49.3 Å². The van der Waals surface area contributed by atoms with E-state index in [1.54, 1.807) is 12.4 Å². The van der Waals surface area contributed by atoms with Gasteiger partial charge in [-0.1, -0.05) is 15.9 Å². The first-order valence-corrected chi connectivity index (χ1v) is 8.72. The van der Waals surface area contributed by atoms with Crippen molar-refractivity contribution in [1.82, 2.24) is 4.98 Å². The summed E-state index contributed by atoms with van der Waals surface area (Å²) in [5, 5.41) is 3.01. The van der Waals surface area contributed by atoms with E-state index in [0.29, 0.717) is 10.7 Å². The Morgan fingerprint density at radius 2 is 2.10 bits per heavy atom. The minimum absolute atomic E-state index is 0.154. The van der Waals surface area contributed by atoms with Crippen molar-refractivity contribution in [3.63, 3.8) is 0 Å². The second-order valence-electron chi connectivity index (χ2n) is 7.58. The highest BCUT2D eigenvalue weighted by Gasteiger charge is 2.57. The minimum Gasteiger partial charge on any atom is -0.325 e. The second kappa shape index (κ2) is 4.80. The first kappa shape index (κ1) is 13.7. The van der Waals surface area contributed by atoms with Gasteiger partial charge in [-0.3, -0.25) is 9.78 Å². The summed E-state index contributed by atoms with van der Waals surface area (Å²) in [5.74, 6) is 1.81. The quantitative estimate of drug-likeness (QED) is 0.834. The van der Waals surface area contributed by atoms with E-state index in [2.05, 4.69) is 26.2 Å². The van der Waals surface area contributed by atoms with Crippen molar-refractivity contribution in [2.75, 3.05) is 5.32 Å². The number of amides is 1. The van der Waals surface area contributed by atoms with Gasteiger partial charge in [0.15, 0.2) is 0 Å². The van der Waals surface area contributed by atoms with Crippen LogP contribution >= 0.6 is 15.9 Å². The first-order valence-electron chi connectivity index (χ1n) is 7.93. The number of hydrogen-bond acceptors (Lipinski definition) is 2. The molecule has 4 bridgehead atoms. The summed E-state index contributed by atoms with van der Waals surface area (Å²) in [6.45, 7) is 0. The van der Waals surface area contributed by atoms with E-state index in [1.807, 2.05) is 12.1 Å². The van der Waals surface area contributed by atoms with Crippen LogP contribution in [0.1, 0.15) is 44.9 Å². The number of halogens is 1. The number of anilines is 1. The Balaban J connectivity index is 1.48. The van der Waals surface area contributed by atoms with Crippen molar-refractivity contribution in [3.8, 4) is 0 Å². The summed E-state index contributed by atoms with van der Waals surface area (Å²) in [5.41, 5.74) is 1.04. The number of nitrogens with one attached hydrogen (secondary N) is 1. The fourth-order valence-corrected chi connectivity index (χ4v) is 7.04. The monoisotopic (exact) mass is 348 g/mol. The van der Waals surface area contributed by atoms with E-state index in [-0.39, 0.29) is 11.3 Å². The van der Waals surface area contributed by atoms with Gasteiger partial charge in [0, 0.05) is 16.9 Å². The predicted molar refractivity (Wildman–Crippen MR) is 86.3 cm³/mol. The van der Waals surface area contributed by atoms with E-state index in [9.17, 15) is 4.79 Å². The Hall–Kier alpha value is -0.900. The third kappa shape index (κ3) is 2.63. The van der Waals surface area contributed by atoms with Gasteiger partial charge in [0.25, 0.3) is 0 Å². The highest BCUT2D eigenvalue weighted by Crippen LogP contribution is 2.65. The fourth-order valence-electron chi connectivity index (χ4n) is 5.53. The average Bonchev–Trinajstić information content (AvgIpc) is 2.35. The SMILES string of the molecule is O=C(CC12C[C@@H]3C[C@@H](CC(Br)(C3)C1)C2)Nc1cccnc1. The number of carbonyl (C=O) groups excluding carboxylic acids is 1. The number of carbonyl (C=O) groups is 1. The predicted octanol–water partition coefficient (Wildman–Crippen LogP) is 4.14. The van der Waals surface area contributed by atoms with Crippen molar-refractivity contribution < 1.29 is 4.79 Å². The standard InChI is InChI=1S/C17H21BrN2O/c18-17-7-12-4-13(8-17)6-16(5-12,11-17)9-15(21)20-14-2-1-3-19-10-14/h1-3,10,12-13H,4-9,11H2,(H,20,21)/t12-,13+,16?,17?. The topological polar surface area (TPSA) is 42.0 Å². The third-order valence-corrected chi connectivity index (χ3v) is 6.52. The van der Waals surface area contributed by atoms with Crippen LogP contribution in [-0.2, 0) is 4.79 Å². The van der Waals surface area contributed by atoms with Crippen LogP contribution in [0.25, 0.3) is 0 Å². The lowest BCUT2D eigenvalue weighted by molar-refractivity contribution is -0.123. The molecule has 4 heteroatoms. The van der Waals surface area contributed by atoms with Crippen molar-refractivity contribution in [2.24, 2.45) is 17.3 Å². The van der Waals surface area contributed by atoms with Gasteiger partial charge in [0.1, 0.15) is 0 Å². The molecule has 1 heterocycles. The average molecular weight is 349 g/mol. The molecule has 2 unspecified atom stereocenters. The zero-order chi connectivity index (χ0) is 14.5. The molecule has 4 saturated carbocycles. The van der Waals surface area contributed by atoms with Gasteiger partial charge in [-0.15, -0.1) is 0 Å². The molecule has 21 heavy (non-hydrogen) atoms. The minimum atomic E-state index is 0.154. The lowest BCUT2D eigenvalue weighted by Crippen LogP contribution is -2.53. The second-order valence-corrected chi connectivity index (χ2v) is 9.26. The summed E-state index contributed by atoms with van der Waals surface area (Å²) in [7, 11) is 0. The zero-order valence-corrected chi connectivity index (χ0v) is 13.7. The molecule has 0 aromatic carbocycles. The molecule has 4 fully saturated rings. The Morgan fingerprint density at radius 1 is 1.33 bits per heavy atom. The number of hydrogen-bond donors (Lipinski definition) is 1. The first-order chi connectivity index (χ1) is 10.0. The lowest BCUT2D eigenvalue weighted by Gasteiger charge is -2.60. The molecule has 0 aliphatic heterocycles. The van der Waals surface area contributed by atoms with Crippen LogP contribution in [0.2, 0.25) is 0 Å². The van der Waals surface area contributed by atoms with Gasteiger partial charge in [0.2, 0.25) is 5.91 Å². The molecule has 4 aliphatic rings. The summed E-state index contributed by atoms with van der Waals surface area (Å²) in [6.07, 6.45) is 11.8. The van der Waals surface area contributed by atoms with Gasteiger partial charge in [-0.2, -0.15) is 0 Å². The maximum atomic E-state index is 12.4. The number of nitrogens with zero attached hydrogens (tertiary/aromatic N) is 1. The van der Waals surface area contributed by atoms with Crippen LogP contribution < -0.4 is 5.32 Å². The van der Waals surface area contributed by atoms with Crippen LogP contribution in [0.15, 0.2) is 24.5 Å². The molecule has 112 valence electrons. The largest absolute Gasteiger partial charge is 0.325 e. The number of pyridine rings is 1. The number of alkyl halides is 1. The highest BCUT2D eigenvalue weighted by molar-refractivity contribution is 9.10. The van der Waals surface area contributed by atoms with Crippen molar-refractivity contribution in [1.29, 1.82) is 0 Å². The molecule has 3 nitrogen and oxygen atoms in total. The molecule has 0 saturated heterocycles. The molecule has 4 atom stereocenters. The van der Waals surface area contributed by atoms with Crippen LogP contribution in [0.4, 0.5) is 5.69 Å². The Morgan fingerprint density at radius 3 is 2.71 bits per heavy atom. The molecule has 0 radical (unpaired) electrons. The summed E-state index contributed by atoms with van der Waals surface area (Å²) >= 11 is 4.01. The van der Waals surface area contributed by atoms with Crippen LogP contribution in [0.3, 0.4) is 0 Å². The third-order valence-electron chi connectivity index (χ3n) is 5.59. The Labute approximate surface area is 134 Å². The molecule has 1 aromatic rings. The Kier molecular flexibility index (Phi) is 3.14. The molecular weight excluding hydrogens is 328 g/mol. The maximum absolute atomic E-state index is 12.4. The van der Waals surface area contributed by atoms with E-state index in [0.717, 1.165) is 17.5 Å². The molecule has 1 amide bonds. The maximum Gasteiger partial charge on any atom is 0.224 e. The van der Waals surface area contributed by atoms with E-state index >= 15 is 0 Å². The molecule has 1 N–H and O–H groups in total. The normalized spacial score (nSPS) is 40.2. The van der Waals surface area contributed by atoms with Crippen LogP contribution in [0, 0.1) is 17.3 Å². The smallest absolute Gasteiger partial charge is 0.224 e. The van der Waals surface area contributed by atoms with Gasteiger partial charge in [0.05, 0.1) is 11.9 Å². The molecule has 5 rings (SSSR count). The van der Waals surface area contributed by atoms with Crippen LogP contribution in [0.5, 0.6) is 0 Å². The van der Waals surface area contributed by atoms with Gasteiger partial charge in [-0.05, 0) is 67.9 Å². The number of rotatable bonds is 3. The highest BCUT2D eigenvalue weighted by atomic mass is 79.9. The summed E-state index contributed by atoms with van der Waals surface area (Å²) in [6, 6.07) is 3.75. The fraction of sp³-hybridized carbons (Fsp3) is 0.647. The van der Waals surface area contributed by atoms with Gasteiger partial charge in [-0.25, -0.2) is 0 Å². The van der Waals surface area contributed by atoms with E-state index in [1.165, 1.54) is 38.5 Å². The zero-order valence-electron chi connectivity index (χ0n) is 12.1. The summed E-state index contributed by atoms with van der Waals surface area (Å²) < 4.78 is 0.325. The van der Waals surface area contributed by atoms with E-state index in [4.69, 9.17) is 0 Å².